The van der Waals surface area contributed by atoms with E-state index in [4.69, 9.17) is 14.2 Å². The van der Waals surface area contributed by atoms with E-state index in [1.165, 1.54) is 0 Å². The van der Waals surface area contributed by atoms with E-state index in [1.807, 2.05) is 0 Å². The summed E-state index contributed by atoms with van der Waals surface area (Å²) in [6.45, 7) is 13.3. The Morgan fingerprint density at radius 2 is 0.750 bits per heavy atom. The summed E-state index contributed by atoms with van der Waals surface area (Å²) in [4.78, 5) is 0. The summed E-state index contributed by atoms with van der Waals surface area (Å²) in [5, 5.41) is 0. The lowest BCUT2D eigenvalue weighted by Gasteiger charge is -2.32. The molecule has 3 nitrogen and oxygen atoms in total. The molecule has 3 heteroatoms. The summed E-state index contributed by atoms with van der Waals surface area (Å²) >= 11 is 0. The average Bonchev–Trinajstić information content (AvgIpc) is 2.39. The molecule has 0 amide bonds. The molecule has 0 radical (unpaired) electrons. The average molecular weight is 357 g/mol. The van der Waals surface area contributed by atoms with Crippen molar-refractivity contribution in [3.63, 3.8) is 0 Å². The number of rotatable bonds is 13. The van der Waals surface area contributed by atoms with Gasteiger partial charge in [-0.05, 0) is 25.7 Å². The van der Waals surface area contributed by atoms with Gasteiger partial charge in [0.2, 0.25) is 0 Å². The van der Waals surface area contributed by atoms with E-state index < -0.39 is 0 Å². The third kappa shape index (κ3) is 21.9. The second-order valence-electron chi connectivity index (χ2n) is 5.01. The molecule has 0 aliphatic rings. The normalized spacial score (nSPS) is 9.00. The van der Waals surface area contributed by atoms with Crippen LogP contribution < -0.4 is 0 Å². The summed E-state index contributed by atoms with van der Waals surface area (Å²) in [6, 6.07) is 0. The molecule has 0 aliphatic carbocycles. The zero-order chi connectivity index (χ0) is 13.7. The Labute approximate surface area is 157 Å². The molecule has 0 saturated carbocycles. The maximum absolute atomic E-state index is 5.74. The van der Waals surface area contributed by atoms with Gasteiger partial charge in [-0.1, -0.05) is 72.3 Å². The molecule has 0 spiro atoms. The first kappa shape index (κ1) is 43.9. The zero-order valence-corrected chi connectivity index (χ0v) is 12.8. The van der Waals surface area contributed by atoms with Crippen LogP contribution in [-0.2, 0) is 14.2 Å². The third-order valence-electron chi connectivity index (χ3n) is 3.02. The predicted octanol–water partition coefficient (Wildman–Crippen LogP) is 7.48. The van der Waals surface area contributed by atoms with E-state index in [0.29, 0.717) is 0 Å². The van der Waals surface area contributed by atoms with Crippen molar-refractivity contribution in [1.29, 1.82) is 0 Å². The van der Waals surface area contributed by atoms with Gasteiger partial charge in [-0.3, -0.25) is 0 Å². The Bertz CT molecular complexity index is 146. The molecule has 0 saturated heterocycles. The van der Waals surface area contributed by atoms with Crippen LogP contribution in [0.4, 0.5) is 0 Å². The lowest BCUT2D eigenvalue weighted by atomic mass is 9.88. The van der Waals surface area contributed by atoms with Gasteiger partial charge in [0.15, 0.2) is 0 Å². The standard InChI is InChI=1S/C15H32O3.6CH4/c1-5-9-16-12-15(8-4,13-17-10-6-2)14-18-11-7-3;;;;;;/h5-14H2,1-4H3;6*1H4. The minimum Gasteiger partial charge on any atom is -0.381 e. The van der Waals surface area contributed by atoms with E-state index in [0.717, 1.165) is 65.3 Å². The van der Waals surface area contributed by atoms with Crippen LogP contribution in [0.1, 0.15) is 97.9 Å². The quantitative estimate of drug-likeness (QED) is 0.320. The second kappa shape index (κ2) is 30.7. The van der Waals surface area contributed by atoms with E-state index in [-0.39, 0.29) is 50.0 Å². The van der Waals surface area contributed by atoms with Crippen molar-refractivity contribution in [2.45, 2.75) is 97.9 Å². The molecule has 0 aliphatic heterocycles. The fourth-order valence-corrected chi connectivity index (χ4v) is 1.73. The van der Waals surface area contributed by atoms with Gasteiger partial charge < -0.3 is 14.2 Å². The van der Waals surface area contributed by atoms with Crippen LogP contribution in [0, 0.1) is 5.41 Å². The van der Waals surface area contributed by atoms with Crippen molar-refractivity contribution < 1.29 is 14.2 Å². The van der Waals surface area contributed by atoms with Crippen LogP contribution in [0.15, 0.2) is 0 Å². The summed E-state index contributed by atoms with van der Waals surface area (Å²) in [5.74, 6) is 0. The minimum atomic E-state index is 0. The molecule has 0 aromatic heterocycles. The topological polar surface area (TPSA) is 27.7 Å². The molecule has 0 unspecified atom stereocenters. The smallest absolute Gasteiger partial charge is 0.0566 e. The van der Waals surface area contributed by atoms with Crippen LogP contribution in [0.5, 0.6) is 0 Å². The predicted molar refractivity (Wildman–Crippen MR) is 116 cm³/mol. The first-order valence-corrected chi connectivity index (χ1v) is 7.47. The van der Waals surface area contributed by atoms with Crippen molar-refractivity contribution in [2.24, 2.45) is 5.41 Å². The second-order valence-corrected chi connectivity index (χ2v) is 5.01. The zero-order valence-electron chi connectivity index (χ0n) is 12.8. The lowest BCUT2D eigenvalue weighted by Crippen LogP contribution is -2.37. The van der Waals surface area contributed by atoms with E-state index in [9.17, 15) is 0 Å². The molecule has 0 heterocycles. The summed E-state index contributed by atoms with van der Waals surface area (Å²) in [6.07, 6.45) is 4.21. The van der Waals surface area contributed by atoms with Crippen molar-refractivity contribution >= 4 is 0 Å². The molecule has 0 atom stereocenters. The van der Waals surface area contributed by atoms with Crippen LogP contribution in [0.2, 0.25) is 0 Å². The van der Waals surface area contributed by atoms with Crippen LogP contribution in [-0.4, -0.2) is 39.6 Å². The molecule has 0 bridgehead atoms. The molecule has 0 fully saturated rings. The number of hydrogen-bond donors (Lipinski definition) is 0. The first-order valence-electron chi connectivity index (χ1n) is 7.47. The van der Waals surface area contributed by atoms with E-state index in [1.54, 1.807) is 0 Å². The Balaban J connectivity index is -0.0000000963. The maximum Gasteiger partial charge on any atom is 0.0566 e. The van der Waals surface area contributed by atoms with Gasteiger partial charge >= 0.3 is 0 Å². The number of ether oxygens (including phenoxy) is 3. The molecule has 0 N–H and O–H groups in total. The van der Waals surface area contributed by atoms with Gasteiger partial charge in [-0.2, -0.15) is 0 Å². The van der Waals surface area contributed by atoms with Crippen molar-refractivity contribution in [2.75, 3.05) is 39.6 Å². The Morgan fingerprint density at radius 1 is 0.500 bits per heavy atom. The fraction of sp³-hybridized carbons (Fsp3) is 1.00. The molecule has 0 aromatic carbocycles. The third-order valence-corrected chi connectivity index (χ3v) is 3.02. The molecular formula is C21H56O3. The van der Waals surface area contributed by atoms with Crippen molar-refractivity contribution in [1.82, 2.24) is 0 Å². The molecule has 0 aromatic rings. The largest absolute Gasteiger partial charge is 0.381 e. The van der Waals surface area contributed by atoms with Gasteiger partial charge in [-0.25, -0.2) is 0 Å². The lowest BCUT2D eigenvalue weighted by molar-refractivity contribution is -0.0712. The highest BCUT2D eigenvalue weighted by molar-refractivity contribution is 4.77. The number of hydrogen-bond acceptors (Lipinski definition) is 3. The summed E-state index contributed by atoms with van der Waals surface area (Å²) in [5.41, 5.74) is 0.0273. The minimum absolute atomic E-state index is 0. The Kier molecular flexibility index (Phi) is 56.2. The summed E-state index contributed by atoms with van der Waals surface area (Å²) in [7, 11) is 0. The van der Waals surface area contributed by atoms with E-state index >= 15 is 0 Å². The summed E-state index contributed by atoms with van der Waals surface area (Å²) < 4.78 is 17.2. The first-order chi connectivity index (χ1) is 8.74. The monoisotopic (exact) mass is 356 g/mol. The van der Waals surface area contributed by atoms with E-state index in [2.05, 4.69) is 27.7 Å². The van der Waals surface area contributed by atoms with Crippen molar-refractivity contribution in [3.8, 4) is 0 Å². The van der Waals surface area contributed by atoms with Gasteiger partial charge in [0.05, 0.1) is 19.8 Å². The SMILES string of the molecule is C.C.C.C.C.C.CCCOCC(CC)(COCCC)COCCC. The molecule has 158 valence electrons. The Morgan fingerprint density at radius 3 is 0.917 bits per heavy atom. The van der Waals surface area contributed by atoms with Gasteiger partial charge in [0.25, 0.3) is 0 Å². The van der Waals surface area contributed by atoms with Crippen LogP contribution in [0.3, 0.4) is 0 Å². The molecular weight excluding hydrogens is 300 g/mol. The Hall–Kier alpha value is -0.120. The highest BCUT2D eigenvalue weighted by atomic mass is 16.5. The van der Waals surface area contributed by atoms with Gasteiger partial charge in [-0.15, -0.1) is 0 Å². The maximum atomic E-state index is 5.74. The van der Waals surface area contributed by atoms with Crippen LogP contribution in [0.25, 0.3) is 0 Å². The molecule has 0 rings (SSSR count). The van der Waals surface area contributed by atoms with Crippen LogP contribution >= 0.6 is 0 Å². The highest BCUT2D eigenvalue weighted by Gasteiger charge is 2.29. The molecule has 24 heavy (non-hydrogen) atoms. The van der Waals surface area contributed by atoms with Gasteiger partial charge in [0.1, 0.15) is 0 Å². The van der Waals surface area contributed by atoms with Crippen molar-refractivity contribution in [3.05, 3.63) is 0 Å². The van der Waals surface area contributed by atoms with Gasteiger partial charge in [0, 0.05) is 25.2 Å². The highest BCUT2D eigenvalue weighted by Crippen LogP contribution is 2.24. The fourth-order valence-electron chi connectivity index (χ4n) is 1.73.